The largest absolute Gasteiger partial charge is 0.493 e. The Morgan fingerprint density at radius 2 is 1.52 bits per heavy atom. The second-order valence-electron chi connectivity index (χ2n) is 5.67. The number of amides is 3. The van der Waals surface area contributed by atoms with Crippen molar-refractivity contribution in [3.63, 3.8) is 0 Å². The van der Waals surface area contributed by atoms with E-state index in [-0.39, 0.29) is 12.3 Å². The number of nitrogens with one attached hydrogen (secondary N) is 2. The standard InChI is InChI=1S/C19H23N3O5/c1-25-15-8-13(9-16(26-2)18(15)27-3)10-17(23)21-11-12-4-6-14(7-5-12)22-19(20)24/h4-9H,10-11H2,1-3H3,(H,21,23)(H3,20,22,24). The number of carbonyl (C=O) groups is 2. The number of hydrogen-bond donors (Lipinski definition) is 3. The zero-order valence-electron chi connectivity index (χ0n) is 15.5. The van der Waals surface area contributed by atoms with Gasteiger partial charge in [0.2, 0.25) is 11.7 Å². The average Bonchev–Trinajstić information content (AvgIpc) is 2.66. The Balaban J connectivity index is 1.98. The Morgan fingerprint density at radius 1 is 0.926 bits per heavy atom. The summed E-state index contributed by atoms with van der Waals surface area (Å²) in [5.41, 5.74) is 7.28. The average molecular weight is 373 g/mol. The number of methoxy groups -OCH3 is 3. The fourth-order valence-corrected chi connectivity index (χ4v) is 2.53. The summed E-state index contributed by atoms with van der Waals surface area (Å²) in [6.07, 6.45) is 0.165. The highest BCUT2D eigenvalue weighted by Gasteiger charge is 2.14. The predicted molar refractivity (Wildman–Crippen MR) is 101 cm³/mol. The molecule has 2 rings (SSSR count). The van der Waals surface area contributed by atoms with Crippen molar-refractivity contribution >= 4 is 17.6 Å². The maximum Gasteiger partial charge on any atom is 0.316 e. The molecular weight excluding hydrogens is 350 g/mol. The number of primary amides is 1. The lowest BCUT2D eigenvalue weighted by Gasteiger charge is -2.14. The third-order valence-electron chi connectivity index (χ3n) is 3.80. The first kappa shape index (κ1) is 19.9. The van der Waals surface area contributed by atoms with E-state index >= 15 is 0 Å². The van der Waals surface area contributed by atoms with Crippen molar-refractivity contribution < 1.29 is 23.8 Å². The molecule has 144 valence electrons. The van der Waals surface area contributed by atoms with Gasteiger partial charge in [-0.3, -0.25) is 4.79 Å². The minimum absolute atomic E-state index is 0.149. The van der Waals surface area contributed by atoms with Crippen LogP contribution >= 0.6 is 0 Å². The predicted octanol–water partition coefficient (Wildman–Crippen LogP) is 2.06. The Labute approximate surface area is 157 Å². The number of benzene rings is 2. The molecule has 3 amide bonds. The van der Waals surface area contributed by atoms with Crippen LogP contribution in [0.5, 0.6) is 17.2 Å². The van der Waals surface area contributed by atoms with Gasteiger partial charge in [-0.1, -0.05) is 12.1 Å². The number of carbonyl (C=O) groups excluding carboxylic acids is 2. The first-order valence-electron chi connectivity index (χ1n) is 8.17. The molecule has 27 heavy (non-hydrogen) atoms. The first-order chi connectivity index (χ1) is 13.0. The number of urea groups is 1. The molecule has 2 aromatic carbocycles. The van der Waals surface area contributed by atoms with E-state index in [2.05, 4.69) is 10.6 Å². The number of anilines is 1. The van der Waals surface area contributed by atoms with Crippen molar-refractivity contribution in [3.8, 4) is 17.2 Å². The van der Waals surface area contributed by atoms with E-state index < -0.39 is 6.03 Å². The van der Waals surface area contributed by atoms with Gasteiger partial charge in [-0.15, -0.1) is 0 Å². The van der Waals surface area contributed by atoms with Gasteiger partial charge in [-0.2, -0.15) is 0 Å². The van der Waals surface area contributed by atoms with Gasteiger partial charge in [0.15, 0.2) is 11.5 Å². The molecule has 0 aromatic heterocycles. The van der Waals surface area contributed by atoms with Crippen molar-refractivity contribution in [1.82, 2.24) is 5.32 Å². The summed E-state index contributed by atoms with van der Waals surface area (Å²) < 4.78 is 15.9. The molecule has 0 aliphatic carbocycles. The second-order valence-corrected chi connectivity index (χ2v) is 5.67. The summed E-state index contributed by atoms with van der Waals surface area (Å²) >= 11 is 0. The zero-order chi connectivity index (χ0) is 19.8. The first-order valence-corrected chi connectivity index (χ1v) is 8.17. The quantitative estimate of drug-likeness (QED) is 0.656. The number of rotatable bonds is 8. The van der Waals surface area contributed by atoms with E-state index in [9.17, 15) is 9.59 Å². The van der Waals surface area contributed by atoms with Crippen LogP contribution in [0.15, 0.2) is 36.4 Å². The molecule has 0 radical (unpaired) electrons. The van der Waals surface area contributed by atoms with Crippen LogP contribution in [-0.4, -0.2) is 33.3 Å². The fraction of sp³-hybridized carbons (Fsp3) is 0.263. The summed E-state index contributed by atoms with van der Waals surface area (Å²) in [7, 11) is 4.58. The van der Waals surface area contributed by atoms with Gasteiger partial charge in [-0.25, -0.2) is 4.79 Å². The van der Waals surface area contributed by atoms with Crippen molar-refractivity contribution in [1.29, 1.82) is 0 Å². The SMILES string of the molecule is COc1cc(CC(=O)NCc2ccc(NC(N)=O)cc2)cc(OC)c1OC. The highest BCUT2D eigenvalue weighted by molar-refractivity contribution is 5.87. The van der Waals surface area contributed by atoms with Gasteiger partial charge < -0.3 is 30.6 Å². The molecule has 2 aromatic rings. The molecule has 8 nitrogen and oxygen atoms in total. The van der Waals surface area contributed by atoms with Crippen LogP contribution < -0.4 is 30.6 Å². The summed E-state index contributed by atoms with van der Waals surface area (Å²) in [6, 6.07) is 9.88. The minimum Gasteiger partial charge on any atom is -0.493 e. The van der Waals surface area contributed by atoms with E-state index in [0.717, 1.165) is 11.1 Å². The van der Waals surface area contributed by atoms with E-state index in [1.807, 2.05) is 0 Å². The molecule has 4 N–H and O–H groups in total. The third-order valence-corrected chi connectivity index (χ3v) is 3.80. The van der Waals surface area contributed by atoms with Crippen LogP contribution in [0, 0.1) is 0 Å². The Kier molecular flexibility index (Phi) is 6.87. The van der Waals surface area contributed by atoms with Crippen LogP contribution in [0.2, 0.25) is 0 Å². The van der Waals surface area contributed by atoms with Gasteiger partial charge in [0.25, 0.3) is 0 Å². The molecule has 0 heterocycles. The molecule has 0 bridgehead atoms. The minimum atomic E-state index is -0.624. The second kappa shape index (κ2) is 9.33. The van der Waals surface area contributed by atoms with Gasteiger partial charge in [0.1, 0.15) is 0 Å². The maximum absolute atomic E-state index is 12.3. The van der Waals surface area contributed by atoms with Crippen LogP contribution in [0.4, 0.5) is 10.5 Å². The molecule has 0 aliphatic heterocycles. The molecular formula is C19H23N3O5. The molecule has 0 fully saturated rings. The smallest absolute Gasteiger partial charge is 0.316 e. The Bertz CT molecular complexity index is 780. The van der Waals surface area contributed by atoms with Crippen molar-refractivity contribution in [2.45, 2.75) is 13.0 Å². The van der Waals surface area contributed by atoms with E-state index in [4.69, 9.17) is 19.9 Å². The van der Waals surface area contributed by atoms with Crippen LogP contribution in [-0.2, 0) is 17.8 Å². The molecule has 0 unspecified atom stereocenters. The Hall–Kier alpha value is -3.42. The highest BCUT2D eigenvalue weighted by Crippen LogP contribution is 2.38. The van der Waals surface area contributed by atoms with E-state index in [1.165, 1.54) is 21.3 Å². The Morgan fingerprint density at radius 3 is 2.00 bits per heavy atom. The summed E-state index contributed by atoms with van der Waals surface area (Å²) in [5.74, 6) is 1.33. The monoisotopic (exact) mass is 373 g/mol. The zero-order valence-corrected chi connectivity index (χ0v) is 15.5. The molecule has 0 saturated heterocycles. The van der Waals surface area contributed by atoms with Crippen LogP contribution in [0.25, 0.3) is 0 Å². The van der Waals surface area contributed by atoms with E-state index in [1.54, 1.807) is 36.4 Å². The van der Waals surface area contributed by atoms with E-state index in [0.29, 0.717) is 29.5 Å². The van der Waals surface area contributed by atoms with Gasteiger partial charge >= 0.3 is 6.03 Å². The molecule has 0 aliphatic rings. The van der Waals surface area contributed by atoms with Crippen molar-refractivity contribution in [3.05, 3.63) is 47.5 Å². The lowest BCUT2D eigenvalue weighted by atomic mass is 10.1. The van der Waals surface area contributed by atoms with Crippen LogP contribution in [0.3, 0.4) is 0 Å². The van der Waals surface area contributed by atoms with Crippen molar-refractivity contribution in [2.75, 3.05) is 26.6 Å². The summed E-state index contributed by atoms with van der Waals surface area (Å²) in [5, 5.41) is 5.33. The van der Waals surface area contributed by atoms with Gasteiger partial charge in [0.05, 0.1) is 27.8 Å². The molecule has 0 saturated carbocycles. The van der Waals surface area contributed by atoms with Crippen molar-refractivity contribution in [2.24, 2.45) is 5.73 Å². The fourth-order valence-electron chi connectivity index (χ4n) is 2.53. The molecule has 8 heteroatoms. The molecule has 0 atom stereocenters. The lowest BCUT2D eigenvalue weighted by Crippen LogP contribution is -2.24. The number of ether oxygens (including phenoxy) is 3. The lowest BCUT2D eigenvalue weighted by molar-refractivity contribution is -0.120. The third kappa shape index (κ3) is 5.53. The topological polar surface area (TPSA) is 112 Å². The summed E-state index contributed by atoms with van der Waals surface area (Å²) in [4.78, 5) is 23.1. The van der Waals surface area contributed by atoms with Crippen LogP contribution in [0.1, 0.15) is 11.1 Å². The number of hydrogen-bond acceptors (Lipinski definition) is 5. The molecule has 0 spiro atoms. The van der Waals surface area contributed by atoms with Gasteiger partial charge in [0, 0.05) is 12.2 Å². The maximum atomic E-state index is 12.3. The normalized spacial score (nSPS) is 10.0. The highest BCUT2D eigenvalue weighted by atomic mass is 16.5. The summed E-state index contributed by atoms with van der Waals surface area (Å²) in [6.45, 7) is 0.361. The number of nitrogens with two attached hydrogens (primary N) is 1. The van der Waals surface area contributed by atoms with Gasteiger partial charge in [-0.05, 0) is 35.4 Å².